The molecule has 2 aliphatic rings. The molecular weight excluding hydrogens is 364 g/mol. The number of anilines is 2. The van der Waals surface area contributed by atoms with E-state index in [0.29, 0.717) is 31.0 Å². The van der Waals surface area contributed by atoms with Crippen LogP contribution in [0.3, 0.4) is 0 Å². The molecule has 1 fully saturated rings. The second-order valence-electron chi connectivity index (χ2n) is 7.95. The van der Waals surface area contributed by atoms with Crippen LogP contribution in [0.15, 0.2) is 36.7 Å². The van der Waals surface area contributed by atoms with E-state index in [1.165, 1.54) is 17.5 Å². The highest BCUT2D eigenvalue weighted by atomic mass is 16.5. The highest BCUT2D eigenvalue weighted by molar-refractivity contribution is 5.93. The lowest BCUT2D eigenvalue weighted by atomic mass is 10.0. The fourth-order valence-electron chi connectivity index (χ4n) is 4.45. The first-order chi connectivity index (χ1) is 14.2. The Morgan fingerprint density at radius 1 is 1.21 bits per heavy atom. The lowest BCUT2D eigenvalue weighted by molar-refractivity contribution is 0.187. The average Bonchev–Trinajstić information content (AvgIpc) is 3.16. The average molecular weight is 390 g/mol. The number of aromatic nitrogens is 3. The standard InChI is InChI=1S/C22H26N6O/c1-27-10-3-5-16(27)14-29-22-25-19-13-28(11-8-18(19)21(23)26-22)20-6-2-4-15-12-24-9-7-17(15)20/h2,4,6-7,9,12,16H,3,5,8,10-11,13-14H2,1H3,(H2,23,25,26)/t16-/m0/s1. The van der Waals surface area contributed by atoms with Crippen molar-refractivity contribution in [2.75, 3.05) is 37.4 Å². The Morgan fingerprint density at radius 2 is 2.14 bits per heavy atom. The third-order valence-corrected chi connectivity index (χ3v) is 6.15. The molecule has 0 aliphatic carbocycles. The van der Waals surface area contributed by atoms with Crippen LogP contribution in [0.1, 0.15) is 24.1 Å². The largest absolute Gasteiger partial charge is 0.462 e. The van der Waals surface area contributed by atoms with Gasteiger partial charge in [0.05, 0.1) is 12.2 Å². The molecule has 1 saturated heterocycles. The summed E-state index contributed by atoms with van der Waals surface area (Å²) in [6.45, 7) is 3.31. The topological polar surface area (TPSA) is 80.4 Å². The smallest absolute Gasteiger partial charge is 0.318 e. The van der Waals surface area contributed by atoms with E-state index in [-0.39, 0.29) is 0 Å². The summed E-state index contributed by atoms with van der Waals surface area (Å²) in [5.41, 5.74) is 9.47. The number of nitrogens with zero attached hydrogens (tertiary/aromatic N) is 5. The number of ether oxygens (including phenoxy) is 1. The Morgan fingerprint density at radius 3 is 3.00 bits per heavy atom. The molecule has 4 heterocycles. The van der Waals surface area contributed by atoms with Crippen LogP contribution in [0.25, 0.3) is 10.8 Å². The molecule has 7 heteroatoms. The third-order valence-electron chi connectivity index (χ3n) is 6.15. The van der Waals surface area contributed by atoms with Gasteiger partial charge < -0.3 is 20.3 Å². The Balaban J connectivity index is 1.39. The molecule has 29 heavy (non-hydrogen) atoms. The van der Waals surface area contributed by atoms with Crippen molar-refractivity contribution in [3.63, 3.8) is 0 Å². The fraction of sp³-hybridized carbons (Fsp3) is 0.409. The minimum atomic E-state index is 0.394. The van der Waals surface area contributed by atoms with E-state index in [0.717, 1.165) is 42.6 Å². The number of benzene rings is 1. The Kier molecular flexibility index (Phi) is 4.67. The van der Waals surface area contributed by atoms with Crippen molar-refractivity contribution in [2.45, 2.75) is 31.8 Å². The first-order valence-corrected chi connectivity index (χ1v) is 10.2. The number of rotatable bonds is 4. The minimum Gasteiger partial charge on any atom is -0.462 e. The Labute approximate surface area is 170 Å². The number of likely N-dealkylation sites (tertiary alicyclic amines) is 1. The number of pyridine rings is 1. The Bertz CT molecular complexity index is 1030. The summed E-state index contributed by atoms with van der Waals surface area (Å²) in [6.07, 6.45) is 6.95. The molecule has 1 aromatic carbocycles. The predicted molar refractivity (Wildman–Crippen MR) is 114 cm³/mol. The van der Waals surface area contributed by atoms with Gasteiger partial charge in [0.2, 0.25) is 0 Å². The number of hydrogen-bond donors (Lipinski definition) is 1. The first kappa shape index (κ1) is 18.1. The van der Waals surface area contributed by atoms with Crippen molar-refractivity contribution in [3.05, 3.63) is 47.9 Å². The summed E-state index contributed by atoms with van der Waals surface area (Å²) in [7, 11) is 2.14. The summed E-state index contributed by atoms with van der Waals surface area (Å²) in [5, 5.41) is 2.34. The van der Waals surface area contributed by atoms with Crippen molar-refractivity contribution in [1.29, 1.82) is 0 Å². The second-order valence-corrected chi connectivity index (χ2v) is 7.95. The maximum Gasteiger partial charge on any atom is 0.318 e. The van der Waals surface area contributed by atoms with E-state index >= 15 is 0 Å². The third kappa shape index (κ3) is 3.46. The van der Waals surface area contributed by atoms with Crippen LogP contribution >= 0.6 is 0 Å². The molecular formula is C22H26N6O. The van der Waals surface area contributed by atoms with E-state index in [1.807, 2.05) is 12.4 Å². The van der Waals surface area contributed by atoms with Gasteiger partial charge in [-0.1, -0.05) is 12.1 Å². The molecule has 1 atom stereocenters. The van der Waals surface area contributed by atoms with Gasteiger partial charge in [0.25, 0.3) is 0 Å². The van der Waals surface area contributed by atoms with E-state index in [2.05, 4.69) is 51.1 Å². The molecule has 0 spiro atoms. The van der Waals surface area contributed by atoms with Crippen LogP contribution < -0.4 is 15.4 Å². The zero-order chi connectivity index (χ0) is 19.8. The SMILES string of the molecule is CN1CCC[C@H]1COc1nc(N)c2c(n1)CN(c1cccc3cnccc13)CC2. The molecule has 0 saturated carbocycles. The van der Waals surface area contributed by atoms with Crippen molar-refractivity contribution < 1.29 is 4.74 Å². The molecule has 0 bridgehead atoms. The monoisotopic (exact) mass is 390 g/mol. The van der Waals surface area contributed by atoms with E-state index in [1.54, 1.807) is 0 Å². The van der Waals surface area contributed by atoms with Crippen LogP contribution in [0, 0.1) is 0 Å². The summed E-state index contributed by atoms with van der Waals surface area (Å²) in [5.74, 6) is 0.548. The number of nitrogen functional groups attached to an aromatic ring is 1. The predicted octanol–water partition coefficient (Wildman–Crippen LogP) is 2.64. The van der Waals surface area contributed by atoms with E-state index in [4.69, 9.17) is 15.5 Å². The van der Waals surface area contributed by atoms with Gasteiger partial charge in [-0.15, -0.1) is 0 Å². The van der Waals surface area contributed by atoms with Crippen molar-refractivity contribution >= 4 is 22.3 Å². The Hall–Kier alpha value is -2.93. The molecule has 0 amide bonds. The van der Waals surface area contributed by atoms with Crippen molar-refractivity contribution in [2.24, 2.45) is 0 Å². The summed E-state index contributed by atoms with van der Waals surface area (Å²) in [4.78, 5) is 18.1. The number of hydrogen-bond acceptors (Lipinski definition) is 7. The zero-order valence-electron chi connectivity index (χ0n) is 16.7. The molecule has 2 aromatic heterocycles. The van der Waals surface area contributed by atoms with E-state index in [9.17, 15) is 0 Å². The molecule has 5 rings (SSSR count). The lowest BCUT2D eigenvalue weighted by Crippen LogP contribution is -2.33. The van der Waals surface area contributed by atoms with Gasteiger partial charge in [-0.2, -0.15) is 9.97 Å². The van der Waals surface area contributed by atoms with Gasteiger partial charge in [-0.05, 0) is 45.0 Å². The van der Waals surface area contributed by atoms with Crippen LogP contribution in [0.4, 0.5) is 11.5 Å². The van der Waals surface area contributed by atoms with Crippen LogP contribution in [0.5, 0.6) is 6.01 Å². The molecule has 3 aromatic rings. The van der Waals surface area contributed by atoms with Gasteiger partial charge >= 0.3 is 6.01 Å². The molecule has 150 valence electrons. The fourth-order valence-corrected chi connectivity index (χ4v) is 4.45. The van der Waals surface area contributed by atoms with Gasteiger partial charge in [-0.3, -0.25) is 4.98 Å². The first-order valence-electron chi connectivity index (χ1n) is 10.2. The minimum absolute atomic E-state index is 0.394. The lowest BCUT2D eigenvalue weighted by Gasteiger charge is -2.31. The van der Waals surface area contributed by atoms with Gasteiger partial charge in [-0.25, -0.2) is 0 Å². The molecule has 2 N–H and O–H groups in total. The summed E-state index contributed by atoms with van der Waals surface area (Å²) < 4.78 is 5.95. The second kappa shape index (κ2) is 7.48. The van der Waals surface area contributed by atoms with Crippen LogP contribution in [0.2, 0.25) is 0 Å². The number of likely N-dealkylation sites (N-methyl/N-ethyl adjacent to an activating group) is 1. The highest BCUT2D eigenvalue weighted by Crippen LogP contribution is 2.32. The van der Waals surface area contributed by atoms with Gasteiger partial charge in [0, 0.05) is 47.0 Å². The summed E-state index contributed by atoms with van der Waals surface area (Å²) in [6, 6.07) is 9.22. The quantitative estimate of drug-likeness (QED) is 0.733. The molecule has 7 nitrogen and oxygen atoms in total. The van der Waals surface area contributed by atoms with E-state index < -0.39 is 0 Å². The summed E-state index contributed by atoms with van der Waals surface area (Å²) >= 11 is 0. The van der Waals surface area contributed by atoms with Crippen molar-refractivity contribution in [3.8, 4) is 6.01 Å². The molecule has 0 unspecified atom stereocenters. The van der Waals surface area contributed by atoms with Crippen LogP contribution in [-0.4, -0.2) is 52.6 Å². The molecule has 0 radical (unpaired) electrons. The zero-order valence-corrected chi connectivity index (χ0v) is 16.7. The van der Waals surface area contributed by atoms with Crippen LogP contribution in [-0.2, 0) is 13.0 Å². The maximum atomic E-state index is 6.26. The molecule has 2 aliphatic heterocycles. The van der Waals surface area contributed by atoms with Gasteiger partial charge in [0.15, 0.2) is 0 Å². The number of fused-ring (bicyclic) bond motifs is 2. The normalized spacial score (nSPS) is 19.5. The highest BCUT2D eigenvalue weighted by Gasteiger charge is 2.25. The van der Waals surface area contributed by atoms with Gasteiger partial charge in [0.1, 0.15) is 12.4 Å². The maximum absolute atomic E-state index is 6.26. The number of nitrogens with two attached hydrogens (primary N) is 1. The van der Waals surface area contributed by atoms with Crippen molar-refractivity contribution in [1.82, 2.24) is 19.9 Å².